The van der Waals surface area contributed by atoms with Gasteiger partial charge in [0.25, 0.3) is 0 Å². The Morgan fingerprint density at radius 2 is 1.59 bits per heavy atom. The fourth-order valence-electron chi connectivity index (χ4n) is 1.11. The molecule has 0 bridgehead atoms. The first-order valence-corrected chi connectivity index (χ1v) is 6.09. The maximum absolute atomic E-state index is 11.7. The Bertz CT molecular complexity index is 264. The van der Waals surface area contributed by atoms with Crippen LogP contribution >= 0.6 is 0 Å². The molecule has 0 aliphatic heterocycles. The molecule has 0 aliphatic rings. The summed E-state index contributed by atoms with van der Waals surface area (Å²) in [5, 5.41) is 5.42. The van der Waals surface area contributed by atoms with Gasteiger partial charge in [0.2, 0.25) is 11.8 Å². The molecule has 0 aliphatic carbocycles. The van der Waals surface area contributed by atoms with Gasteiger partial charge in [0.05, 0.1) is 0 Å². The van der Waals surface area contributed by atoms with Crippen LogP contribution in [0.5, 0.6) is 0 Å². The van der Waals surface area contributed by atoms with E-state index in [1.165, 1.54) is 0 Å². The molecular weight excluding hydrogens is 218 g/mol. The predicted molar refractivity (Wildman–Crippen MR) is 68.3 cm³/mol. The third-order valence-electron chi connectivity index (χ3n) is 2.64. The van der Waals surface area contributed by atoms with Crippen LogP contribution in [0.25, 0.3) is 0 Å². The summed E-state index contributed by atoms with van der Waals surface area (Å²) in [5.41, 5.74) is 5.63. The minimum Gasteiger partial charge on any atom is -0.354 e. The van der Waals surface area contributed by atoms with Gasteiger partial charge >= 0.3 is 0 Å². The normalized spacial score (nSPS) is 16.2. The molecule has 0 aromatic carbocycles. The van der Waals surface area contributed by atoms with Crippen molar-refractivity contribution < 1.29 is 9.59 Å². The quantitative estimate of drug-likeness (QED) is 0.625. The summed E-state index contributed by atoms with van der Waals surface area (Å²) in [7, 11) is 0. The Labute approximate surface area is 104 Å². The molecule has 0 spiro atoms. The molecule has 100 valence electrons. The van der Waals surface area contributed by atoms with Crippen molar-refractivity contribution in [1.29, 1.82) is 0 Å². The number of nitrogens with one attached hydrogen (secondary N) is 2. The topological polar surface area (TPSA) is 84.2 Å². The Hall–Kier alpha value is -1.10. The zero-order valence-electron chi connectivity index (χ0n) is 11.4. The lowest BCUT2D eigenvalue weighted by molar-refractivity contribution is -0.130. The summed E-state index contributed by atoms with van der Waals surface area (Å²) in [6.45, 7) is 9.83. The highest BCUT2D eigenvalue weighted by Crippen LogP contribution is 2.00. The van der Waals surface area contributed by atoms with Gasteiger partial charge in [-0.3, -0.25) is 9.59 Å². The zero-order chi connectivity index (χ0) is 13.6. The first-order valence-electron chi connectivity index (χ1n) is 6.09. The monoisotopic (exact) mass is 243 g/mol. The van der Waals surface area contributed by atoms with E-state index in [1.54, 1.807) is 20.8 Å². The maximum atomic E-state index is 11.7. The van der Waals surface area contributed by atoms with Crippen molar-refractivity contribution >= 4 is 11.8 Å². The number of hydrogen-bond donors (Lipinski definition) is 3. The third-order valence-corrected chi connectivity index (χ3v) is 2.64. The average Bonchev–Trinajstić information content (AvgIpc) is 2.24. The van der Waals surface area contributed by atoms with E-state index < -0.39 is 6.04 Å². The second-order valence-corrected chi connectivity index (χ2v) is 5.02. The largest absolute Gasteiger partial charge is 0.354 e. The number of carbonyl (C=O) groups excluding carboxylic acids is 2. The fraction of sp³-hybridized carbons (Fsp3) is 0.833. The van der Waals surface area contributed by atoms with Crippen LogP contribution in [0.15, 0.2) is 0 Å². The standard InChI is InChI=1S/C12H25N3O2/c1-7(2)6-14-12(17)10(5)15-11(16)8(3)9(4)13/h7-10H,6,13H2,1-5H3,(H,14,17)(H,15,16). The fourth-order valence-corrected chi connectivity index (χ4v) is 1.11. The predicted octanol–water partition coefficient (Wildman–Crippen LogP) is 0.247. The van der Waals surface area contributed by atoms with Crippen LogP contribution in [-0.4, -0.2) is 30.4 Å². The summed E-state index contributed by atoms with van der Waals surface area (Å²) in [6, 6.07) is -0.747. The lowest BCUT2D eigenvalue weighted by Gasteiger charge is -2.19. The highest BCUT2D eigenvalue weighted by molar-refractivity contribution is 5.88. The molecule has 3 atom stereocenters. The summed E-state index contributed by atoms with van der Waals surface area (Å²) < 4.78 is 0. The van der Waals surface area contributed by atoms with Gasteiger partial charge in [-0.25, -0.2) is 0 Å². The minimum atomic E-state index is -0.526. The lowest BCUT2D eigenvalue weighted by atomic mass is 10.0. The van der Waals surface area contributed by atoms with Gasteiger partial charge in [-0.2, -0.15) is 0 Å². The van der Waals surface area contributed by atoms with E-state index in [9.17, 15) is 9.59 Å². The van der Waals surface area contributed by atoms with Gasteiger partial charge in [-0.1, -0.05) is 20.8 Å². The van der Waals surface area contributed by atoms with Crippen LogP contribution in [0.3, 0.4) is 0 Å². The van der Waals surface area contributed by atoms with Gasteiger partial charge in [-0.05, 0) is 19.8 Å². The van der Waals surface area contributed by atoms with E-state index in [-0.39, 0.29) is 23.8 Å². The van der Waals surface area contributed by atoms with Crippen molar-refractivity contribution in [3.8, 4) is 0 Å². The van der Waals surface area contributed by atoms with Crippen molar-refractivity contribution in [3.05, 3.63) is 0 Å². The molecule has 0 saturated heterocycles. The van der Waals surface area contributed by atoms with E-state index in [2.05, 4.69) is 10.6 Å². The van der Waals surface area contributed by atoms with Crippen LogP contribution < -0.4 is 16.4 Å². The van der Waals surface area contributed by atoms with Crippen molar-refractivity contribution in [2.45, 2.75) is 46.7 Å². The summed E-state index contributed by atoms with van der Waals surface area (Å²) in [4.78, 5) is 23.3. The Balaban J connectivity index is 4.11. The number of hydrogen-bond acceptors (Lipinski definition) is 3. The van der Waals surface area contributed by atoms with Crippen molar-refractivity contribution in [2.75, 3.05) is 6.54 Å². The summed E-state index contributed by atoms with van der Waals surface area (Å²) >= 11 is 0. The minimum absolute atomic E-state index is 0.163. The number of amides is 2. The SMILES string of the molecule is CC(C)CNC(=O)C(C)NC(=O)C(C)C(C)N. The van der Waals surface area contributed by atoms with Crippen LogP contribution in [0.2, 0.25) is 0 Å². The van der Waals surface area contributed by atoms with Gasteiger partial charge in [0.1, 0.15) is 6.04 Å². The molecule has 3 unspecified atom stereocenters. The van der Waals surface area contributed by atoms with E-state index >= 15 is 0 Å². The van der Waals surface area contributed by atoms with Gasteiger partial charge in [0.15, 0.2) is 0 Å². The molecule has 0 aromatic heterocycles. The molecule has 0 radical (unpaired) electrons. The second-order valence-electron chi connectivity index (χ2n) is 5.02. The first kappa shape index (κ1) is 15.9. The molecule has 0 saturated carbocycles. The van der Waals surface area contributed by atoms with Crippen molar-refractivity contribution in [2.24, 2.45) is 17.6 Å². The second kappa shape index (κ2) is 7.27. The molecular formula is C12H25N3O2. The summed E-state index contributed by atoms with van der Waals surface area (Å²) in [6.07, 6.45) is 0. The zero-order valence-corrected chi connectivity index (χ0v) is 11.4. The van der Waals surface area contributed by atoms with Gasteiger partial charge in [0, 0.05) is 18.5 Å². The van der Waals surface area contributed by atoms with Gasteiger partial charge < -0.3 is 16.4 Å². The molecule has 5 nitrogen and oxygen atoms in total. The van der Waals surface area contributed by atoms with Gasteiger partial charge in [-0.15, -0.1) is 0 Å². The molecule has 4 N–H and O–H groups in total. The number of nitrogens with two attached hydrogens (primary N) is 1. The number of carbonyl (C=O) groups is 2. The third kappa shape index (κ3) is 6.26. The Morgan fingerprint density at radius 3 is 2.00 bits per heavy atom. The summed E-state index contributed by atoms with van der Waals surface area (Å²) in [5.74, 6) is -0.253. The highest BCUT2D eigenvalue weighted by atomic mass is 16.2. The van der Waals surface area contributed by atoms with Crippen molar-refractivity contribution in [3.63, 3.8) is 0 Å². The Kier molecular flexibility index (Phi) is 6.80. The lowest BCUT2D eigenvalue weighted by Crippen LogP contribution is -2.49. The highest BCUT2D eigenvalue weighted by Gasteiger charge is 2.21. The van der Waals surface area contributed by atoms with E-state index in [4.69, 9.17) is 5.73 Å². The van der Waals surface area contributed by atoms with Crippen molar-refractivity contribution in [1.82, 2.24) is 10.6 Å². The van der Waals surface area contributed by atoms with E-state index in [1.807, 2.05) is 13.8 Å². The average molecular weight is 243 g/mol. The van der Waals surface area contributed by atoms with Crippen LogP contribution in [0.4, 0.5) is 0 Å². The molecule has 0 aromatic rings. The maximum Gasteiger partial charge on any atom is 0.242 e. The smallest absolute Gasteiger partial charge is 0.242 e. The Morgan fingerprint density at radius 1 is 1.06 bits per heavy atom. The molecule has 0 rings (SSSR count). The van der Waals surface area contributed by atoms with Crippen LogP contribution in [-0.2, 0) is 9.59 Å². The van der Waals surface area contributed by atoms with E-state index in [0.29, 0.717) is 12.5 Å². The van der Waals surface area contributed by atoms with Crippen LogP contribution in [0, 0.1) is 11.8 Å². The van der Waals surface area contributed by atoms with Crippen LogP contribution in [0.1, 0.15) is 34.6 Å². The molecule has 5 heteroatoms. The van der Waals surface area contributed by atoms with E-state index in [0.717, 1.165) is 0 Å². The molecule has 17 heavy (non-hydrogen) atoms. The first-order chi connectivity index (χ1) is 7.75. The molecule has 2 amide bonds. The number of rotatable bonds is 6. The molecule has 0 fully saturated rings. The molecule has 0 heterocycles.